The Balaban J connectivity index is 2.34. The average Bonchev–Trinajstić information content (AvgIpc) is 2.46. The van der Waals surface area contributed by atoms with Crippen molar-refractivity contribution in [3.8, 4) is 0 Å². The first-order valence-electron chi connectivity index (χ1n) is 6.67. The highest BCUT2D eigenvalue weighted by atomic mass is 16.6. The molecule has 0 spiro atoms. The lowest BCUT2D eigenvalue weighted by Gasteiger charge is -2.37. The summed E-state index contributed by atoms with van der Waals surface area (Å²) < 4.78 is 0. The molecular weight excluding hydrogens is 244 g/mol. The second-order valence-corrected chi connectivity index (χ2v) is 4.87. The minimum absolute atomic E-state index is 0.121. The lowest BCUT2D eigenvalue weighted by atomic mass is 9.98. The summed E-state index contributed by atoms with van der Waals surface area (Å²) in [6.45, 7) is 3.10. The van der Waals surface area contributed by atoms with Gasteiger partial charge >= 0.3 is 0 Å². The smallest absolute Gasteiger partial charge is 0.280 e. The van der Waals surface area contributed by atoms with Gasteiger partial charge in [0.25, 0.3) is 5.69 Å². The van der Waals surface area contributed by atoms with E-state index in [1.54, 1.807) is 12.1 Å². The Labute approximate surface area is 112 Å². The van der Waals surface area contributed by atoms with Crippen LogP contribution in [-0.4, -0.2) is 23.8 Å². The Bertz CT molecular complexity index is 488. The fraction of sp³-hybridized carbons (Fsp3) is 0.500. The molecular formula is C14H18N2O3. The lowest BCUT2D eigenvalue weighted by Crippen LogP contribution is -2.39. The van der Waals surface area contributed by atoms with Crippen molar-refractivity contribution in [1.29, 1.82) is 0 Å². The molecule has 1 saturated heterocycles. The molecule has 1 heterocycles. The van der Waals surface area contributed by atoms with Gasteiger partial charge < -0.3 is 4.90 Å². The Kier molecular flexibility index (Phi) is 4.14. The molecule has 0 radical (unpaired) electrons. The van der Waals surface area contributed by atoms with E-state index in [-0.39, 0.29) is 11.3 Å². The van der Waals surface area contributed by atoms with Gasteiger partial charge in [0.05, 0.1) is 10.5 Å². The number of piperidine rings is 1. The molecule has 0 saturated carbocycles. The summed E-state index contributed by atoms with van der Waals surface area (Å²) in [6.07, 6.45) is 5.11. The van der Waals surface area contributed by atoms with E-state index in [0.29, 0.717) is 12.3 Å². The van der Waals surface area contributed by atoms with Crippen molar-refractivity contribution >= 4 is 17.7 Å². The molecule has 2 rings (SSSR count). The normalized spacial score (nSPS) is 19.2. The fourth-order valence-corrected chi connectivity index (χ4v) is 2.75. The van der Waals surface area contributed by atoms with Gasteiger partial charge in [0.15, 0.2) is 6.29 Å². The van der Waals surface area contributed by atoms with Gasteiger partial charge in [-0.1, -0.05) is 6.92 Å². The minimum atomic E-state index is -0.513. The average molecular weight is 262 g/mol. The van der Waals surface area contributed by atoms with Crippen LogP contribution in [0.25, 0.3) is 0 Å². The molecule has 5 heteroatoms. The largest absolute Gasteiger partial charge is 0.369 e. The van der Waals surface area contributed by atoms with E-state index in [1.807, 2.05) is 0 Å². The predicted molar refractivity (Wildman–Crippen MR) is 73.8 cm³/mol. The molecule has 1 fully saturated rings. The minimum Gasteiger partial charge on any atom is -0.369 e. The number of rotatable bonds is 4. The third-order valence-electron chi connectivity index (χ3n) is 3.76. The number of nitro groups is 1. The third-order valence-corrected chi connectivity index (χ3v) is 3.76. The number of nitro benzene ring substituents is 1. The number of carbonyl (C=O) groups excluding carboxylic acids is 1. The van der Waals surface area contributed by atoms with Crippen molar-refractivity contribution in [3.05, 3.63) is 33.9 Å². The van der Waals surface area contributed by atoms with Crippen LogP contribution in [0.4, 0.5) is 11.4 Å². The van der Waals surface area contributed by atoms with Crippen molar-refractivity contribution in [3.63, 3.8) is 0 Å². The molecule has 1 atom stereocenters. The first-order valence-corrected chi connectivity index (χ1v) is 6.67. The molecule has 1 aromatic carbocycles. The van der Waals surface area contributed by atoms with Crippen molar-refractivity contribution in [2.75, 3.05) is 11.4 Å². The summed E-state index contributed by atoms with van der Waals surface area (Å²) in [5.74, 6) is 0. The second-order valence-electron chi connectivity index (χ2n) is 4.87. The fourth-order valence-electron chi connectivity index (χ4n) is 2.75. The molecule has 0 aromatic heterocycles. The molecule has 0 aliphatic carbocycles. The molecule has 1 aliphatic heterocycles. The van der Waals surface area contributed by atoms with Gasteiger partial charge in [-0.05, 0) is 37.8 Å². The quantitative estimate of drug-likeness (QED) is 0.475. The van der Waals surface area contributed by atoms with Crippen LogP contribution < -0.4 is 4.90 Å². The molecule has 19 heavy (non-hydrogen) atoms. The summed E-state index contributed by atoms with van der Waals surface area (Å²) >= 11 is 0. The van der Waals surface area contributed by atoms with E-state index in [1.165, 1.54) is 12.5 Å². The zero-order valence-electron chi connectivity index (χ0n) is 11.0. The van der Waals surface area contributed by atoms with Crippen molar-refractivity contribution in [2.24, 2.45) is 0 Å². The maximum Gasteiger partial charge on any atom is 0.280 e. The van der Waals surface area contributed by atoms with Crippen LogP contribution in [0.3, 0.4) is 0 Å². The zero-order chi connectivity index (χ0) is 13.8. The first kappa shape index (κ1) is 13.5. The van der Waals surface area contributed by atoms with Gasteiger partial charge in [-0.15, -0.1) is 0 Å². The maximum absolute atomic E-state index is 11.0. The lowest BCUT2D eigenvalue weighted by molar-refractivity contribution is -0.385. The number of hydrogen-bond acceptors (Lipinski definition) is 4. The second kappa shape index (κ2) is 5.82. The van der Waals surface area contributed by atoms with Gasteiger partial charge in [0.1, 0.15) is 0 Å². The van der Waals surface area contributed by atoms with Crippen LogP contribution in [0.1, 0.15) is 43.0 Å². The molecule has 0 N–H and O–H groups in total. The van der Waals surface area contributed by atoms with E-state index < -0.39 is 4.92 Å². The van der Waals surface area contributed by atoms with E-state index >= 15 is 0 Å². The Morgan fingerprint density at radius 1 is 1.47 bits per heavy atom. The van der Waals surface area contributed by atoms with Crippen LogP contribution in [0, 0.1) is 10.1 Å². The zero-order valence-corrected chi connectivity index (χ0v) is 11.0. The number of aldehydes is 1. The van der Waals surface area contributed by atoms with Crippen LogP contribution in [-0.2, 0) is 0 Å². The van der Waals surface area contributed by atoms with E-state index in [9.17, 15) is 14.9 Å². The maximum atomic E-state index is 11.0. The summed E-state index contributed by atoms with van der Waals surface area (Å²) in [5.41, 5.74) is 0.950. The SMILES string of the molecule is CCC1CCCCN1c1ccc([N+](=O)[O-])c(C=O)c1. The molecule has 1 unspecified atom stereocenters. The van der Waals surface area contributed by atoms with Crippen LogP contribution in [0.5, 0.6) is 0 Å². The van der Waals surface area contributed by atoms with Crippen LogP contribution in [0.2, 0.25) is 0 Å². The highest BCUT2D eigenvalue weighted by molar-refractivity contribution is 5.83. The molecule has 102 valence electrons. The highest BCUT2D eigenvalue weighted by Crippen LogP contribution is 2.29. The number of hydrogen-bond donors (Lipinski definition) is 0. The summed E-state index contributed by atoms with van der Waals surface area (Å²) in [5, 5.41) is 10.8. The Hall–Kier alpha value is -1.91. The standard InChI is InChI=1S/C14H18N2O3/c1-2-12-5-3-4-8-15(12)13-6-7-14(16(18)19)11(9-13)10-17/h6-7,9-10,12H,2-5,8H2,1H3. The Morgan fingerprint density at radius 3 is 2.89 bits per heavy atom. The molecule has 5 nitrogen and oxygen atoms in total. The van der Waals surface area contributed by atoms with E-state index in [4.69, 9.17) is 0 Å². The summed E-state index contributed by atoms with van der Waals surface area (Å²) in [7, 11) is 0. The van der Waals surface area contributed by atoms with Crippen molar-refractivity contribution in [1.82, 2.24) is 0 Å². The molecule has 0 amide bonds. The third kappa shape index (κ3) is 2.75. The van der Waals surface area contributed by atoms with Crippen molar-refractivity contribution in [2.45, 2.75) is 38.6 Å². The van der Waals surface area contributed by atoms with Gasteiger partial charge in [0.2, 0.25) is 0 Å². The number of anilines is 1. The Morgan fingerprint density at radius 2 is 2.26 bits per heavy atom. The number of carbonyl (C=O) groups is 1. The van der Waals surface area contributed by atoms with Gasteiger partial charge in [-0.2, -0.15) is 0 Å². The van der Waals surface area contributed by atoms with Gasteiger partial charge in [-0.3, -0.25) is 14.9 Å². The van der Waals surface area contributed by atoms with E-state index in [2.05, 4.69) is 11.8 Å². The monoisotopic (exact) mass is 262 g/mol. The van der Waals surface area contributed by atoms with Gasteiger partial charge in [-0.25, -0.2) is 0 Å². The first-order chi connectivity index (χ1) is 9.17. The van der Waals surface area contributed by atoms with Crippen molar-refractivity contribution < 1.29 is 9.72 Å². The van der Waals surface area contributed by atoms with Crippen LogP contribution >= 0.6 is 0 Å². The molecule has 0 bridgehead atoms. The topological polar surface area (TPSA) is 63.4 Å². The summed E-state index contributed by atoms with van der Waals surface area (Å²) in [6, 6.07) is 5.29. The number of benzene rings is 1. The summed E-state index contributed by atoms with van der Waals surface area (Å²) in [4.78, 5) is 23.6. The van der Waals surface area contributed by atoms with E-state index in [0.717, 1.165) is 31.5 Å². The van der Waals surface area contributed by atoms with Gasteiger partial charge in [0, 0.05) is 24.3 Å². The predicted octanol–water partition coefficient (Wildman–Crippen LogP) is 3.18. The number of nitrogens with zero attached hydrogens (tertiary/aromatic N) is 2. The molecule has 1 aliphatic rings. The van der Waals surface area contributed by atoms with Crippen LogP contribution in [0.15, 0.2) is 18.2 Å². The molecule has 1 aromatic rings. The highest BCUT2D eigenvalue weighted by Gasteiger charge is 2.23.